The zero-order valence-electron chi connectivity index (χ0n) is 18.6. The summed E-state index contributed by atoms with van der Waals surface area (Å²) < 4.78 is 5.88. The predicted molar refractivity (Wildman–Crippen MR) is 117 cm³/mol. The molecule has 2 rings (SSSR count). The van der Waals surface area contributed by atoms with Crippen LogP contribution in [-0.4, -0.2) is 18.4 Å². The lowest BCUT2D eigenvalue weighted by molar-refractivity contribution is 0.217. The van der Waals surface area contributed by atoms with Gasteiger partial charge in [0.25, 0.3) is 0 Å². The van der Waals surface area contributed by atoms with E-state index in [0.29, 0.717) is 24.4 Å². The standard InChI is InChI=1S/C24H37N2O/c1-15(2)18-11-10-12-19(16(3)4)23(18)25-20(17(5)6)13-22-26-21(14-27-22)24(7,8)9/h10-13,15-17,21H,14H2,1-9H3/q-1/b22-13-,25-20?/t21-/m1/s1. The molecule has 0 radical (unpaired) electrons. The smallest absolute Gasteiger partial charge is 0.0728 e. The molecule has 1 heterocycles. The summed E-state index contributed by atoms with van der Waals surface area (Å²) in [6.07, 6.45) is 2.04. The average molecular weight is 370 g/mol. The number of aliphatic imine (C=N–C) groups is 1. The summed E-state index contributed by atoms with van der Waals surface area (Å²) in [4.78, 5) is 5.15. The molecule has 1 saturated heterocycles. The first-order valence-electron chi connectivity index (χ1n) is 10.3. The number of para-hydroxylation sites is 1. The predicted octanol–water partition coefficient (Wildman–Crippen LogP) is 7.32. The lowest BCUT2D eigenvalue weighted by Gasteiger charge is -2.34. The zero-order chi connectivity index (χ0) is 20.4. The molecule has 1 aromatic rings. The van der Waals surface area contributed by atoms with Crippen molar-refractivity contribution in [1.29, 1.82) is 0 Å². The Balaban J connectivity index is 2.47. The average Bonchev–Trinajstić information content (AvgIpc) is 3.02. The van der Waals surface area contributed by atoms with Crippen LogP contribution in [0.15, 0.2) is 35.2 Å². The summed E-state index contributed by atoms with van der Waals surface area (Å²) >= 11 is 0. The maximum atomic E-state index is 5.88. The Labute approximate surface area is 166 Å². The van der Waals surface area contributed by atoms with Crippen molar-refractivity contribution in [2.24, 2.45) is 16.3 Å². The molecular weight excluding hydrogens is 332 g/mol. The number of rotatable bonds is 5. The van der Waals surface area contributed by atoms with Gasteiger partial charge in [-0.2, -0.15) is 0 Å². The van der Waals surface area contributed by atoms with Crippen molar-refractivity contribution in [3.05, 3.63) is 46.6 Å². The second-order valence-corrected chi connectivity index (χ2v) is 9.59. The van der Waals surface area contributed by atoms with Crippen molar-refractivity contribution < 1.29 is 4.74 Å². The van der Waals surface area contributed by atoms with Gasteiger partial charge in [-0.15, -0.1) is 0 Å². The van der Waals surface area contributed by atoms with Crippen molar-refractivity contribution in [3.8, 4) is 0 Å². The normalized spacial score (nSPS) is 19.9. The van der Waals surface area contributed by atoms with E-state index in [1.807, 2.05) is 6.08 Å². The fourth-order valence-corrected chi connectivity index (χ4v) is 3.14. The van der Waals surface area contributed by atoms with Gasteiger partial charge in [-0.05, 0) is 40.4 Å². The first-order chi connectivity index (χ1) is 12.5. The molecule has 0 aliphatic carbocycles. The highest BCUT2D eigenvalue weighted by molar-refractivity contribution is 5.99. The number of allylic oxidation sites excluding steroid dienone is 1. The third kappa shape index (κ3) is 5.37. The van der Waals surface area contributed by atoms with E-state index >= 15 is 0 Å². The highest BCUT2D eigenvalue weighted by atomic mass is 16.5. The molecule has 0 amide bonds. The molecule has 1 fully saturated rings. The van der Waals surface area contributed by atoms with Gasteiger partial charge in [-0.3, -0.25) is 4.99 Å². The fourth-order valence-electron chi connectivity index (χ4n) is 3.14. The van der Waals surface area contributed by atoms with Crippen LogP contribution in [0.1, 0.15) is 85.3 Å². The molecule has 3 heteroatoms. The van der Waals surface area contributed by atoms with E-state index in [1.54, 1.807) is 0 Å². The highest BCUT2D eigenvalue weighted by Crippen LogP contribution is 2.37. The Morgan fingerprint density at radius 1 is 1.07 bits per heavy atom. The van der Waals surface area contributed by atoms with Gasteiger partial charge in [0.05, 0.1) is 12.3 Å². The fraction of sp³-hybridized carbons (Fsp3) is 0.625. The summed E-state index contributed by atoms with van der Waals surface area (Å²) in [6, 6.07) is 6.76. The van der Waals surface area contributed by atoms with Crippen LogP contribution in [0.2, 0.25) is 0 Å². The molecule has 0 bridgehead atoms. The third-order valence-electron chi connectivity index (χ3n) is 5.12. The van der Waals surface area contributed by atoms with Crippen molar-refractivity contribution >= 4 is 11.4 Å². The van der Waals surface area contributed by atoms with Gasteiger partial charge in [0.15, 0.2) is 0 Å². The number of benzene rings is 1. The molecular formula is C24H37N2O-. The molecule has 0 saturated carbocycles. The minimum absolute atomic E-state index is 0.111. The van der Waals surface area contributed by atoms with Crippen LogP contribution in [0.5, 0.6) is 0 Å². The molecule has 0 spiro atoms. The second kappa shape index (κ2) is 8.50. The van der Waals surface area contributed by atoms with Gasteiger partial charge in [-0.1, -0.05) is 86.6 Å². The van der Waals surface area contributed by atoms with Crippen LogP contribution in [-0.2, 0) is 4.74 Å². The third-order valence-corrected chi connectivity index (χ3v) is 5.12. The van der Waals surface area contributed by atoms with E-state index < -0.39 is 0 Å². The molecule has 0 unspecified atom stereocenters. The Hall–Kier alpha value is -1.77. The lowest BCUT2D eigenvalue weighted by atomic mass is 9.88. The van der Waals surface area contributed by atoms with Crippen molar-refractivity contribution in [1.82, 2.24) is 0 Å². The molecule has 1 atom stereocenters. The van der Waals surface area contributed by atoms with E-state index in [-0.39, 0.29) is 11.5 Å². The topological polar surface area (TPSA) is 35.7 Å². The number of ether oxygens (including phenoxy) is 1. The molecule has 0 N–H and O–H groups in total. The molecule has 3 nitrogen and oxygen atoms in total. The summed E-state index contributed by atoms with van der Waals surface area (Å²) in [5.74, 6) is 1.88. The van der Waals surface area contributed by atoms with E-state index in [1.165, 1.54) is 11.1 Å². The zero-order valence-corrected chi connectivity index (χ0v) is 18.6. The second-order valence-electron chi connectivity index (χ2n) is 9.59. The molecule has 1 aliphatic heterocycles. The Kier molecular flexibility index (Phi) is 6.77. The lowest BCUT2D eigenvalue weighted by Crippen LogP contribution is -2.25. The Morgan fingerprint density at radius 3 is 2.04 bits per heavy atom. The van der Waals surface area contributed by atoms with Crippen LogP contribution in [0.4, 0.5) is 5.69 Å². The van der Waals surface area contributed by atoms with Gasteiger partial charge in [0, 0.05) is 11.6 Å². The van der Waals surface area contributed by atoms with Gasteiger partial charge in [0.2, 0.25) is 0 Å². The first kappa shape index (κ1) is 21.5. The van der Waals surface area contributed by atoms with E-state index in [2.05, 4.69) is 80.5 Å². The van der Waals surface area contributed by atoms with Crippen LogP contribution in [0, 0.1) is 11.3 Å². The quantitative estimate of drug-likeness (QED) is 0.501. The molecule has 27 heavy (non-hydrogen) atoms. The minimum Gasteiger partial charge on any atom is -0.648 e. The summed E-state index contributed by atoms with van der Waals surface area (Å²) in [5.41, 5.74) is 4.86. The van der Waals surface area contributed by atoms with Crippen LogP contribution >= 0.6 is 0 Å². The van der Waals surface area contributed by atoms with Crippen LogP contribution < -0.4 is 0 Å². The molecule has 1 aliphatic rings. The minimum atomic E-state index is 0.111. The van der Waals surface area contributed by atoms with Crippen molar-refractivity contribution in [2.45, 2.75) is 80.2 Å². The summed E-state index contributed by atoms with van der Waals surface area (Å²) in [7, 11) is 0. The van der Waals surface area contributed by atoms with Gasteiger partial charge in [-0.25, -0.2) is 0 Å². The highest BCUT2D eigenvalue weighted by Gasteiger charge is 2.22. The van der Waals surface area contributed by atoms with Crippen molar-refractivity contribution in [3.63, 3.8) is 0 Å². The SMILES string of the molecule is CC(C)C(/C=C1/[N-][C@@H](C(C)(C)C)CO1)=Nc1c(C(C)C)cccc1C(C)C. The van der Waals surface area contributed by atoms with Crippen molar-refractivity contribution in [2.75, 3.05) is 6.61 Å². The molecule has 0 aromatic heterocycles. The Bertz CT molecular complexity index is 679. The van der Waals surface area contributed by atoms with E-state index in [0.717, 1.165) is 17.3 Å². The van der Waals surface area contributed by atoms with Crippen LogP contribution in [0.3, 0.4) is 0 Å². The monoisotopic (exact) mass is 369 g/mol. The largest absolute Gasteiger partial charge is 0.648 e. The van der Waals surface area contributed by atoms with E-state index in [4.69, 9.17) is 15.0 Å². The van der Waals surface area contributed by atoms with Gasteiger partial charge in [0.1, 0.15) is 0 Å². The number of nitrogens with zero attached hydrogens (tertiary/aromatic N) is 2. The summed E-state index contributed by atoms with van der Waals surface area (Å²) in [6.45, 7) is 20.6. The van der Waals surface area contributed by atoms with Gasteiger partial charge < -0.3 is 10.1 Å². The van der Waals surface area contributed by atoms with E-state index in [9.17, 15) is 0 Å². The Morgan fingerprint density at radius 2 is 1.63 bits per heavy atom. The first-order valence-corrected chi connectivity index (χ1v) is 10.3. The number of hydrogen-bond donors (Lipinski definition) is 0. The molecule has 150 valence electrons. The maximum Gasteiger partial charge on any atom is 0.0728 e. The van der Waals surface area contributed by atoms with Crippen LogP contribution in [0.25, 0.3) is 5.32 Å². The number of hydrogen-bond acceptors (Lipinski definition) is 2. The summed E-state index contributed by atoms with van der Waals surface area (Å²) in [5, 5.41) is 4.80. The van der Waals surface area contributed by atoms with Gasteiger partial charge >= 0.3 is 0 Å². The maximum absolute atomic E-state index is 5.88. The molecule has 1 aromatic carbocycles.